The van der Waals surface area contributed by atoms with E-state index in [0.717, 1.165) is 0 Å². The summed E-state index contributed by atoms with van der Waals surface area (Å²) in [5, 5.41) is 12.9. The lowest BCUT2D eigenvalue weighted by atomic mass is 9.97. The van der Waals surface area contributed by atoms with Gasteiger partial charge >= 0.3 is 0 Å². The number of sulfonamides is 1. The first-order chi connectivity index (χ1) is 9.79. The monoisotopic (exact) mass is 320 g/mol. The molecule has 1 atom stereocenters. The standard InChI is InChI=1S/C14H28N2O4S/c1-4-10-21(19,20)16-9-7-8-12(16)13(17)15-11-14(18,5-2)6-3/h12,18H,4-11H2,1-3H3,(H,15,17). The Labute approximate surface area is 128 Å². The van der Waals surface area contributed by atoms with Crippen LogP contribution in [0.25, 0.3) is 0 Å². The Morgan fingerprint density at radius 3 is 2.48 bits per heavy atom. The van der Waals surface area contributed by atoms with E-state index in [0.29, 0.717) is 38.6 Å². The van der Waals surface area contributed by atoms with E-state index in [4.69, 9.17) is 0 Å². The maximum atomic E-state index is 12.3. The second-order valence-electron chi connectivity index (χ2n) is 5.73. The minimum absolute atomic E-state index is 0.0740. The van der Waals surface area contributed by atoms with Crippen LogP contribution in [-0.2, 0) is 14.8 Å². The zero-order valence-electron chi connectivity index (χ0n) is 13.3. The van der Waals surface area contributed by atoms with Crippen molar-refractivity contribution in [3.8, 4) is 0 Å². The molecule has 0 aromatic carbocycles. The number of carbonyl (C=O) groups excluding carboxylic acids is 1. The fraction of sp³-hybridized carbons (Fsp3) is 0.929. The Kier molecular flexibility index (Phi) is 6.62. The third-order valence-corrected chi connectivity index (χ3v) is 6.31. The number of rotatable bonds is 8. The molecule has 0 aliphatic carbocycles. The Morgan fingerprint density at radius 1 is 1.33 bits per heavy atom. The summed E-state index contributed by atoms with van der Waals surface area (Å²) in [6.45, 7) is 6.11. The highest BCUT2D eigenvalue weighted by atomic mass is 32.2. The molecule has 0 spiro atoms. The van der Waals surface area contributed by atoms with Gasteiger partial charge in [-0.3, -0.25) is 4.79 Å². The van der Waals surface area contributed by atoms with Crippen molar-refractivity contribution in [3.05, 3.63) is 0 Å². The second-order valence-corrected chi connectivity index (χ2v) is 7.78. The van der Waals surface area contributed by atoms with Gasteiger partial charge in [-0.2, -0.15) is 4.31 Å². The normalized spacial score (nSPS) is 20.7. The Balaban J connectivity index is 2.69. The smallest absolute Gasteiger partial charge is 0.238 e. The molecule has 1 rings (SSSR count). The van der Waals surface area contributed by atoms with E-state index in [1.165, 1.54) is 4.31 Å². The van der Waals surface area contributed by atoms with Crippen LogP contribution < -0.4 is 5.32 Å². The molecule has 1 saturated heterocycles. The number of carbonyl (C=O) groups is 1. The van der Waals surface area contributed by atoms with Crippen LogP contribution in [-0.4, -0.2) is 54.2 Å². The Bertz CT molecular complexity index is 446. The van der Waals surface area contributed by atoms with Crippen LogP contribution in [0.4, 0.5) is 0 Å². The SMILES string of the molecule is CCCS(=O)(=O)N1CCCC1C(=O)NCC(O)(CC)CC. The summed E-state index contributed by atoms with van der Waals surface area (Å²) in [5.74, 6) is -0.225. The van der Waals surface area contributed by atoms with Gasteiger partial charge in [-0.15, -0.1) is 0 Å². The van der Waals surface area contributed by atoms with Crippen LogP contribution >= 0.6 is 0 Å². The molecule has 21 heavy (non-hydrogen) atoms. The molecule has 0 aromatic heterocycles. The molecule has 0 radical (unpaired) electrons. The van der Waals surface area contributed by atoms with Crippen LogP contribution in [0, 0.1) is 0 Å². The van der Waals surface area contributed by atoms with Crippen molar-refractivity contribution in [2.75, 3.05) is 18.8 Å². The predicted octanol–water partition coefficient (Wildman–Crippen LogP) is 0.858. The highest BCUT2D eigenvalue weighted by Crippen LogP contribution is 2.22. The number of aliphatic hydroxyl groups is 1. The fourth-order valence-corrected chi connectivity index (χ4v) is 4.33. The highest BCUT2D eigenvalue weighted by molar-refractivity contribution is 7.89. The molecule has 0 aromatic rings. The summed E-state index contributed by atoms with van der Waals surface area (Å²) in [6.07, 6.45) is 2.88. The van der Waals surface area contributed by atoms with Crippen molar-refractivity contribution in [2.24, 2.45) is 0 Å². The molecule has 1 amide bonds. The van der Waals surface area contributed by atoms with Crippen molar-refractivity contribution >= 4 is 15.9 Å². The molecule has 1 fully saturated rings. The maximum absolute atomic E-state index is 12.3. The van der Waals surface area contributed by atoms with Gasteiger partial charge < -0.3 is 10.4 Å². The lowest BCUT2D eigenvalue weighted by Gasteiger charge is -2.28. The van der Waals surface area contributed by atoms with Gasteiger partial charge in [0.2, 0.25) is 15.9 Å². The lowest BCUT2D eigenvalue weighted by Crippen LogP contribution is -2.50. The van der Waals surface area contributed by atoms with E-state index >= 15 is 0 Å². The van der Waals surface area contributed by atoms with E-state index in [9.17, 15) is 18.3 Å². The highest BCUT2D eigenvalue weighted by Gasteiger charge is 2.38. The number of hydrogen-bond acceptors (Lipinski definition) is 4. The zero-order chi connectivity index (χ0) is 16.1. The average Bonchev–Trinajstić information content (AvgIpc) is 2.94. The molecular formula is C14H28N2O4S. The van der Waals surface area contributed by atoms with Crippen LogP contribution in [0.2, 0.25) is 0 Å². The van der Waals surface area contributed by atoms with Gasteiger partial charge in [0.25, 0.3) is 0 Å². The number of nitrogens with zero attached hydrogens (tertiary/aromatic N) is 1. The van der Waals surface area contributed by atoms with E-state index in [2.05, 4.69) is 5.32 Å². The first-order valence-corrected chi connectivity index (χ1v) is 9.40. The minimum Gasteiger partial charge on any atom is -0.388 e. The largest absolute Gasteiger partial charge is 0.388 e. The van der Waals surface area contributed by atoms with Crippen LogP contribution in [0.5, 0.6) is 0 Å². The average molecular weight is 320 g/mol. The molecule has 2 N–H and O–H groups in total. The minimum atomic E-state index is -3.36. The van der Waals surface area contributed by atoms with Gasteiger partial charge in [-0.25, -0.2) is 8.42 Å². The van der Waals surface area contributed by atoms with Crippen molar-refractivity contribution in [3.63, 3.8) is 0 Å². The fourth-order valence-electron chi connectivity index (χ4n) is 2.58. The van der Waals surface area contributed by atoms with Gasteiger partial charge in [0.15, 0.2) is 0 Å². The summed E-state index contributed by atoms with van der Waals surface area (Å²) in [6, 6.07) is -0.625. The van der Waals surface area contributed by atoms with E-state index < -0.39 is 21.7 Å². The molecule has 0 saturated carbocycles. The third-order valence-electron chi connectivity index (χ3n) is 4.23. The summed E-state index contributed by atoms with van der Waals surface area (Å²) in [7, 11) is -3.36. The summed E-state index contributed by atoms with van der Waals surface area (Å²) < 4.78 is 25.6. The number of hydrogen-bond donors (Lipinski definition) is 2. The summed E-state index contributed by atoms with van der Waals surface area (Å²) in [4.78, 5) is 12.3. The molecule has 124 valence electrons. The van der Waals surface area contributed by atoms with Gasteiger partial charge in [0.1, 0.15) is 6.04 Å². The van der Waals surface area contributed by atoms with E-state index in [1.54, 1.807) is 0 Å². The van der Waals surface area contributed by atoms with Crippen molar-refractivity contribution in [2.45, 2.75) is 64.5 Å². The Morgan fingerprint density at radius 2 is 1.95 bits per heavy atom. The van der Waals surface area contributed by atoms with Gasteiger partial charge in [0, 0.05) is 13.1 Å². The Hall–Kier alpha value is -0.660. The number of nitrogens with one attached hydrogen (secondary N) is 1. The molecule has 1 unspecified atom stereocenters. The first-order valence-electron chi connectivity index (χ1n) is 7.79. The molecular weight excluding hydrogens is 292 g/mol. The molecule has 6 nitrogen and oxygen atoms in total. The van der Waals surface area contributed by atoms with Crippen molar-refractivity contribution in [1.29, 1.82) is 0 Å². The molecule has 0 bridgehead atoms. The molecule has 7 heteroatoms. The predicted molar refractivity (Wildman–Crippen MR) is 82.3 cm³/mol. The summed E-state index contributed by atoms with van der Waals surface area (Å²) in [5.41, 5.74) is -0.915. The van der Waals surface area contributed by atoms with E-state index in [-0.39, 0.29) is 18.2 Å². The zero-order valence-corrected chi connectivity index (χ0v) is 14.1. The lowest BCUT2D eigenvalue weighted by molar-refractivity contribution is -0.125. The van der Waals surface area contributed by atoms with Crippen molar-refractivity contribution in [1.82, 2.24) is 9.62 Å². The molecule has 1 heterocycles. The van der Waals surface area contributed by atoms with Gasteiger partial charge in [0.05, 0.1) is 11.4 Å². The quantitative estimate of drug-likeness (QED) is 0.694. The first kappa shape index (κ1) is 18.4. The molecule has 1 aliphatic heterocycles. The topological polar surface area (TPSA) is 86.7 Å². The number of amides is 1. The van der Waals surface area contributed by atoms with Crippen LogP contribution in [0.1, 0.15) is 52.9 Å². The maximum Gasteiger partial charge on any atom is 0.238 e. The van der Waals surface area contributed by atoms with E-state index in [1.807, 2.05) is 20.8 Å². The van der Waals surface area contributed by atoms with Crippen LogP contribution in [0.3, 0.4) is 0 Å². The summed E-state index contributed by atoms with van der Waals surface area (Å²) >= 11 is 0. The van der Waals surface area contributed by atoms with Gasteiger partial charge in [-0.05, 0) is 32.1 Å². The molecule has 1 aliphatic rings. The van der Waals surface area contributed by atoms with Crippen molar-refractivity contribution < 1.29 is 18.3 Å². The van der Waals surface area contributed by atoms with Gasteiger partial charge in [-0.1, -0.05) is 20.8 Å². The third kappa shape index (κ3) is 4.66. The van der Waals surface area contributed by atoms with Crippen LogP contribution in [0.15, 0.2) is 0 Å². The second kappa shape index (κ2) is 7.56.